The molecule has 2 atom stereocenters. The molecule has 25 heavy (non-hydrogen) atoms. The maximum atomic E-state index is 5.59. The van der Waals surface area contributed by atoms with E-state index in [2.05, 4.69) is 39.4 Å². The molecular weight excluding hydrogens is 382 g/mol. The Morgan fingerprint density at radius 3 is 2.24 bits per heavy atom. The molecular formula is C20H24BrNO3. The van der Waals surface area contributed by atoms with E-state index in [9.17, 15) is 0 Å². The fraction of sp³-hybridized carbons (Fsp3) is 0.400. The van der Waals surface area contributed by atoms with Crippen LogP contribution in [0.15, 0.2) is 40.9 Å². The van der Waals surface area contributed by atoms with Crippen LogP contribution in [0.1, 0.15) is 35.9 Å². The highest BCUT2D eigenvalue weighted by molar-refractivity contribution is 9.10. The molecule has 4 nitrogen and oxygen atoms in total. The Bertz CT molecular complexity index is 727. The summed E-state index contributed by atoms with van der Waals surface area (Å²) in [6.07, 6.45) is 2.13. The Hall–Kier alpha value is -1.72. The van der Waals surface area contributed by atoms with E-state index in [0.717, 1.165) is 41.1 Å². The number of halogens is 1. The molecule has 1 aliphatic heterocycles. The highest BCUT2D eigenvalue weighted by Crippen LogP contribution is 2.41. The maximum absolute atomic E-state index is 5.59. The molecule has 1 heterocycles. The van der Waals surface area contributed by atoms with Gasteiger partial charge in [-0.15, -0.1) is 0 Å². The second-order valence-electron chi connectivity index (χ2n) is 6.21. The third-order valence-corrected chi connectivity index (χ3v) is 5.49. The van der Waals surface area contributed by atoms with Gasteiger partial charge in [0.15, 0.2) is 0 Å². The number of nitrogens with one attached hydrogen (secondary N) is 1. The standard InChI is InChI=1S/C20H24BrNO3/c1-23-18-7-5-4-6-14(18)17-9-8-13(12-22-17)15-10-20(25-3)16(21)11-19(15)24-2/h4-7,10-11,13,17,22H,8-9,12H2,1-3H3/t13-,17?/m0/s1. The summed E-state index contributed by atoms with van der Waals surface area (Å²) >= 11 is 3.53. The normalized spacial score (nSPS) is 20.2. The Labute approximate surface area is 157 Å². The predicted octanol–water partition coefficient (Wildman–Crippen LogP) is 4.68. The lowest BCUT2D eigenvalue weighted by Crippen LogP contribution is -2.32. The van der Waals surface area contributed by atoms with Gasteiger partial charge in [0.2, 0.25) is 0 Å². The zero-order chi connectivity index (χ0) is 17.8. The van der Waals surface area contributed by atoms with Gasteiger partial charge in [-0.3, -0.25) is 0 Å². The molecule has 0 radical (unpaired) electrons. The van der Waals surface area contributed by atoms with E-state index < -0.39 is 0 Å². The van der Waals surface area contributed by atoms with Crippen LogP contribution in [0, 0.1) is 0 Å². The number of para-hydroxylation sites is 1. The molecule has 0 aliphatic carbocycles. The molecule has 2 aromatic rings. The number of benzene rings is 2. The smallest absolute Gasteiger partial charge is 0.133 e. The summed E-state index contributed by atoms with van der Waals surface area (Å²) in [5, 5.41) is 3.67. The van der Waals surface area contributed by atoms with Gasteiger partial charge >= 0.3 is 0 Å². The molecule has 1 unspecified atom stereocenters. The lowest BCUT2D eigenvalue weighted by atomic mass is 9.86. The monoisotopic (exact) mass is 405 g/mol. The van der Waals surface area contributed by atoms with Crippen molar-refractivity contribution in [3.63, 3.8) is 0 Å². The highest BCUT2D eigenvalue weighted by Gasteiger charge is 2.27. The second-order valence-corrected chi connectivity index (χ2v) is 7.06. The summed E-state index contributed by atoms with van der Waals surface area (Å²) in [4.78, 5) is 0. The SMILES string of the molecule is COc1cc([C@H]2CCC(c3ccccc3OC)NC2)c(OC)cc1Br. The van der Waals surface area contributed by atoms with Gasteiger partial charge in [-0.1, -0.05) is 18.2 Å². The first-order valence-electron chi connectivity index (χ1n) is 8.45. The first-order chi connectivity index (χ1) is 12.2. The predicted molar refractivity (Wildman–Crippen MR) is 103 cm³/mol. The van der Waals surface area contributed by atoms with E-state index >= 15 is 0 Å². The summed E-state index contributed by atoms with van der Waals surface area (Å²) in [6.45, 7) is 0.893. The van der Waals surface area contributed by atoms with E-state index in [0.29, 0.717) is 12.0 Å². The maximum Gasteiger partial charge on any atom is 0.133 e. The number of rotatable bonds is 5. The zero-order valence-electron chi connectivity index (χ0n) is 14.8. The van der Waals surface area contributed by atoms with E-state index in [-0.39, 0.29) is 0 Å². The molecule has 0 saturated carbocycles. The molecule has 1 aliphatic rings. The average Bonchev–Trinajstić information content (AvgIpc) is 2.67. The van der Waals surface area contributed by atoms with Crippen LogP contribution < -0.4 is 19.5 Å². The van der Waals surface area contributed by atoms with Gasteiger partial charge in [0.05, 0.1) is 25.8 Å². The van der Waals surface area contributed by atoms with Crippen molar-refractivity contribution in [3.05, 3.63) is 52.0 Å². The zero-order valence-corrected chi connectivity index (χ0v) is 16.4. The molecule has 1 fully saturated rings. The Morgan fingerprint density at radius 2 is 1.60 bits per heavy atom. The third kappa shape index (κ3) is 3.77. The van der Waals surface area contributed by atoms with Crippen molar-refractivity contribution < 1.29 is 14.2 Å². The molecule has 3 rings (SSSR count). The number of piperidine rings is 1. The largest absolute Gasteiger partial charge is 0.496 e. The topological polar surface area (TPSA) is 39.7 Å². The highest BCUT2D eigenvalue weighted by atomic mass is 79.9. The van der Waals surface area contributed by atoms with E-state index in [1.165, 1.54) is 11.1 Å². The molecule has 0 spiro atoms. The lowest BCUT2D eigenvalue weighted by molar-refractivity contribution is 0.341. The Kier molecular flexibility index (Phi) is 5.86. The van der Waals surface area contributed by atoms with Gasteiger partial charge in [-0.25, -0.2) is 0 Å². The Morgan fingerprint density at radius 1 is 0.880 bits per heavy atom. The van der Waals surface area contributed by atoms with Gasteiger partial charge in [-0.2, -0.15) is 0 Å². The van der Waals surface area contributed by atoms with Crippen LogP contribution in [-0.4, -0.2) is 27.9 Å². The van der Waals surface area contributed by atoms with E-state index in [1.54, 1.807) is 21.3 Å². The fourth-order valence-corrected chi connectivity index (χ4v) is 4.03. The van der Waals surface area contributed by atoms with Crippen molar-refractivity contribution in [2.45, 2.75) is 24.8 Å². The lowest BCUT2D eigenvalue weighted by Gasteiger charge is -2.32. The van der Waals surface area contributed by atoms with Crippen LogP contribution in [0.5, 0.6) is 17.2 Å². The number of hydrogen-bond donors (Lipinski definition) is 1. The van der Waals surface area contributed by atoms with Crippen molar-refractivity contribution in [2.75, 3.05) is 27.9 Å². The molecule has 5 heteroatoms. The van der Waals surface area contributed by atoms with Crippen molar-refractivity contribution in [3.8, 4) is 17.2 Å². The van der Waals surface area contributed by atoms with Crippen LogP contribution in [-0.2, 0) is 0 Å². The fourth-order valence-electron chi connectivity index (χ4n) is 3.54. The quantitative estimate of drug-likeness (QED) is 0.783. The first-order valence-corrected chi connectivity index (χ1v) is 9.25. The number of methoxy groups -OCH3 is 3. The third-order valence-electron chi connectivity index (χ3n) is 4.87. The summed E-state index contributed by atoms with van der Waals surface area (Å²) < 4.78 is 17.5. The van der Waals surface area contributed by atoms with Crippen LogP contribution in [0.4, 0.5) is 0 Å². The van der Waals surface area contributed by atoms with Crippen LogP contribution in [0.3, 0.4) is 0 Å². The molecule has 134 valence electrons. The van der Waals surface area contributed by atoms with Crippen molar-refractivity contribution in [1.29, 1.82) is 0 Å². The van der Waals surface area contributed by atoms with Gasteiger partial charge in [0.25, 0.3) is 0 Å². The summed E-state index contributed by atoms with van der Waals surface area (Å²) in [5.41, 5.74) is 2.41. The molecule has 0 bridgehead atoms. The van der Waals surface area contributed by atoms with Gasteiger partial charge in [-0.05, 0) is 47.0 Å². The summed E-state index contributed by atoms with van der Waals surface area (Å²) in [5.74, 6) is 3.07. The van der Waals surface area contributed by atoms with Gasteiger partial charge < -0.3 is 19.5 Å². The van der Waals surface area contributed by atoms with Gasteiger partial charge in [0.1, 0.15) is 17.2 Å². The van der Waals surface area contributed by atoms with Crippen molar-refractivity contribution >= 4 is 15.9 Å². The van der Waals surface area contributed by atoms with Gasteiger partial charge in [0, 0.05) is 29.6 Å². The molecule has 0 amide bonds. The van der Waals surface area contributed by atoms with E-state index in [4.69, 9.17) is 14.2 Å². The van der Waals surface area contributed by atoms with Crippen LogP contribution >= 0.6 is 15.9 Å². The van der Waals surface area contributed by atoms with Crippen molar-refractivity contribution in [1.82, 2.24) is 5.32 Å². The minimum absolute atomic E-state index is 0.315. The van der Waals surface area contributed by atoms with Crippen molar-refractivity contribution in [2.24, 2.45) is 0 Å². The average molecular weight is 406 g/mol. The molecule has 2 aromatic carbocycles. The first kappa shape index (κ1) is 18.1. The number of hydrogen-bond acceptors (Lipinski definition) is 4. The Balaban J connectivity index is 1.78. The minimum atomic E-state index is 0.315. The second kappa shape index (κ2) is 8.11. The minimum Gasteiger partial charge on any atom is -0.496 e. The van der Waals surface area contributed by atoms with E-state index in [1.807, 2.05) is 18.2 Å². The number of ether oxygens (including phenoxy) is 3. The molecule has 0 aromatic heterocycles. The molecule has 1 saturated heterocycles. The molecule has 1 N–H and O–H groups in total. The van der Waals surface area contributed by atoms with Crippen LogP contribution in [0.25, 0.3) is 0 Å². The van der Waals surface area contributed by atoms with Crippen LogP contribution in [0.2, 0.25) is 0 Å². The summed E-state index contributed by atoms with van der Waals surface area (Å²) in [6, 6.07) is 12.6. The summed E-state index contributed by atoms with van der Waals surface area (Å²) in [7, 11) is 5.13.